The number of hydrogen-bond donors (Lipinski definition) is 3. The molecule has 8 heteroatoms. The summed E-state index contributed by atoms with van der Waals surface area (Å²) in [5.41, 5.74) is -0.613. The number of nitro groups is 1. The Hall–Kier alpha value is -2.64. The summed E-state index contributed by atoms with van der Waals surface area (Å²) in [5, 5.41) is 24.2. The van der Waals surface area contributed by atoms with Gasteiger partial charge in [-0.3, -0.25) is 14.9 Å². The summed E-state index contributed by atoms with van der Waals surface area (Å²) in [5.74, 6) is -1.02. The average Bonchev–Trinajstić information content (AvgIpc) is 2.26. The van der Waals surface area contributed by atoms with Gasteiger partial charge in [-0.15, -0.1) is 0 Å². The van der Waals surface area contributed by atoms with Gasteiger partial charge in [0.15, 0.2) is 0 Å². The predicted octanol–water partition coefficient (Wildman–Crippen LogP) is 1.97. The zero-order chi connectivity index (χ0) is 15.3. The number of carboxylic acids is 1. The number of carbonyl (C=O) groups excluding carboxylic acids is 1. The van der Waals surface area contributed by atoms with Crippen LogP contribution in [-0.4, -0.2) is 27.6 Å². The van der Waals surface area contributed by atoms with Gasteiger partial charge in [-0.25, -0.2) is 4.79 Å². The van der Waals surface area contributed by atoms with Crippen LogP contribution in [0.25, 0.3) is 0 Å². The first-order valence-corrected chi connectivity index (χ1v) is 5.75. The Labute approximate surface area is 114 Å². The van der Waals surface area contributed by atoms with Gasteiger partial charge < -0.3 is 15.7 Å². The number of nitro benzene ring substituents is 1. The van der Waals surface area contributed by atoms with E-state index in [9.17, 15) is 19.7 Å². The molecule has 0 unspecified atom stereocenters. The lowest BCUT2D eigenvalue weighted by atomic mass is 10.0. The van der Waals surface area contributed by atoms with Crippen molar-refractivity contribution < 1.29 is 19.6 Å². The molecule has 0 spiro atoms. The Morgan fingerprint density at radius 3 is 2.30 bits per heavy atom. The van der Waals surface area contributed by atoms with Crippen molar-refractivity contribution in [2.24, 2.45) is 0 Å². The molecule has 0 atom stereocenters. The summed E-state index contributed by atoms with van der Waals surface area (Å²) in [7, 11) is 0. The van der Waals surface area contributed by atoms with Crippen molar-refractivity contribution in [3.63, 3.8) is 0 Å². The molecular weight excluding hydrogens is 266 g/mol. The van der Waals surface area contributed by atoms with Crippen molar-refractivity contribution in [3.8, 4) is 0 Å². The van der Waals surface area contributed by atoms with Crippen molar-refractivity contribution in [1.82, 2.24) is 5.32 Å². The maximum atomic E-state index is 11.7. The van der Waals surface area contributed by atoms with Gasteiger partial charge in [0.1, 0.15) is 0 Å². The molecule has 3 N–H and O–H groups in total. The van der Waals surface area contributed by atoms with Crippen LogP contribution in [0, 0.1) is 10.1 Å². The van der Waals surface area contributed by atoms with Crippen LogP contribution in [0.5, 0.6) is 0 Å². The highest BCUT2D eigenvalue weighted by molar-refractivity contribution is 5.90. The minimum absolute atomic E-state index is 0.0813. The van der Waals surface area contributed by atoms with Crippen molar-refractivity contribution >= 4 is 23.4 Å². The number of benzene rings is 1. The molecule has 0 saturated heterocycles. The Morgan fingerprint density at radius 1 is 1.30 bits per heavy atom. The second kappa shape index (κ2) is 6.00. The third-order valence-electron chi connectivity index (χ3n) is 2.38. The van der Waals surface area contributed by atoms with Crippen LogP contribution >= 0.6 is 0 Å². The average molecular weight is 281 g/mol. The van der Waals surface area contributed by atoms with Crippen LogP contribution in [-0.2, 0) is 4.79 Å². The number of hydrogen-bond acceptors (Lipinski definition) is 4. The highest BCUT2D eigenvalue weighted by Crippen LogP contribution is 2.15. The molecule has 0 aliphatic carbocycles. The molecule has 1 aromatic rings. The van der Waals surface area contributed by atoms with Gasteiger partial charge in [0.05, 0.1) is 11.3 Å². The standard InChI is InChI=1S/C12H15N3O5/c1-12(2,7-10(16)17)14-11(18)13-8-3-5-9(6-4-8)15(19)20/h3-6H,7H2,1-2H3,(H,16,17)(H2,13,14,18). The summed E-state index contributed by atoms with van der Waals surface area (Å²) >= 11 is 0. The maximum absolute atomic E-state index is 11.7. The molecule has 108 valence electrons. The molecule has 2 amide bonds. The number of aliphatic carboxylic acids is 1. The number of carboxylic acid groups (broad SMARTS) is 1. The van der Waals surface area contributed by atoms with Crippen LogP contribution < -0.4 is 10.6 Å². The van der Waals surface area contributed by atoms with Crippen LogP contribution in [0.2, 0.25) is 0 Å². The van der Waals surface area contributed by atoms with E-state index in [1.54, 1.807) is 13.8 Å². The van der Waals surface area contributed by atoms with E-state index in [0.717, 1.165) is 0 Å². The predicted molar refractivity (Wildman–Crippen MR) is 71.6 cm³/mol. The fraction of sp³-hybridized carbons (Fsp3) is 0.333. The quantitative estimate of drug-likeness (QED) is 0.562. The molecule has 1 aromatic carbocycles. The molecule has 8 nitrogen and oxygen atoms in total. The zero-order valence-corrected chi connectivity index (χ0v) is 11.0. The first-order valence-electron chi connectivity index (χ1n) is 5.75. The van der Waals surface area contributed by atoms with Gasteiger partial charge in [0, 0.05) is 23.4 Å². The lowest BCUT2D eigenvalue weighted by Gasteiger charge is -2.24. The Balaban J connectivity index is 2.62. The molecule has 20 heavy (non-hydrogen) atoms. The lowest BCUT2D eigenvalue weighted by molar-refractivity contribution is -0.384. The largest absolute Gasteiger partial charge is 0.481 e. The lowest BCUT2D eigenvalue weighted by Crippen LogP contribution is -2.46. The fourth-order valence-electron chi connectivity index (χ4n) is 1.56. The summed E-state index contributed by atoms with van der Waals surface area (Å²) in [6, 6.07) is 4.73. The smallest absolute Gasteiger partial charge is 0.319 e. The maximum Gasteiger partial charge on any atom is 0.319 e. The highest BCUT2D eigenvalue weighted by Gasteiger charge is 2.23. The molecule has 1 rings (SSSR count). The van der Waals surface area contributed by atoms with Crippen LogP contribution in [0.3, 0.4) is 0 Å². The van der Waals surface area contributed by atoms with Crippen LogP contribution in [0.15, 0.2) is 24.3 Å². The van der Waals surface area contributed by atoms with E-state index in [2.05, 4.69) is 10.6 Å². The minimum Gasteiger partial charge on any atom is -0.481 e. The fourth-order valence-corrected chi connectivity index (χ4v) is 1.56. The molecule has 0 fully saturated rings. The van der Waals surface area contributed by atoms with Crippen molar-refractivity contribution in [3.05, 3.63) is 34.4 Å². The second-order valence-electron chi connectivity index (χ2n) is 4.84. The van der Waals surface area contributed by atoms with E-state index in [0.29, 0.717) is 5.69 Å². The number of nitrogens with zero attached hydrogens (tertiary/aromatic N) is 1. The van der Waals surface area contributed by atoms with E-state index in [4.69, 9.17) is 5.11 Å². The van der Waals surface area contributed by atoms with E-state index < -0.39 is 22.5 Å². The molecule has 0 aromatic heterocycles. The summed E-state index contributed by atoms with van der Waals surface area (Å²) < 4.78 is 0. The van der Waals surface area contributed by atoms with Gasteiger partial charge >= 0.3 is 12.0 Å². The SMILES string of the molecule is CC(C)(CC(=O)O)NC(=O)Nc1ccc([N+](=O)[O-])cc1. The van der Waals surface area contributed by atoms with Gasteiger partial charge in [-0.1, -0.05) is 0 Å². The van der Waals surface area contributed by atoms with Gasteiger partial charge in [0.2, 0.25) is 0 Å². The van der Waals surface area contributed by atoms with E-state index >= 15 is 0 Å². The normalized spacial score (nSPS) is 10.7. The number of amides is 2. The summed E-state index contributed by atoms with van der Waals surface area (Å²) in [6.45, 7) is 3.16. The molecule has 0 heterocycles. The van der Waals surface area contributed by atoms with Gasteiger partial charge in [0.25, 0.3) is 5.69 Å². The topological polar surface area (TPSA) is 122 Å². The molecule has 0 aliphatic heterocycles. The summed E-state index contributed by atoms with van der Waals surface area (Å²) in [6.07, 6.45) is -0.222. The van der Waals surface area contributed by atoms with Gasteiger partial charge in [-0.2, -0.15) is 0 Å². The molecule has 0 radical (unpaired) electrons. The van der Waals surface area contributed by atoms with Gasteiger partial charge in [-0.05, 0) is 26.0 Å². The first kappa shape index (κ1) is 15.4. The molecule has 0 aliphatic rings. The zero-order valence-electron chi connectivity index (χ0n) is 11.0. The van der Waals surface area contributed by atoms with E-state index in [1.165, 1.54) is 24.3 Å². The Morgan fingerprint density at radius 2 is 1.85 bits per heavy atom. The van der Waals surface area contributed by atoms with Crippen molar-refractivity contribution in [2.75, 3.05) is 5.32 Å². The number of nitrogens with one attached hydrogen (secondary N) is 2. The van der Waals surface area contributed by atoms with E-state index in [1.807, 2.05) is 0 Å². The Kier molecular flexibility index (Phi) is 4.63. The summed E-state index contributed by atoms with van der Waals surface area (Å²) in [4.78, 5) is 32.2. The third-order valence-corrected chi connectivity index (χ3v) is 2.38. The van der Waals surface area contributed by atoms with Crippen molar-refractivity contribution in [1.29, 1.82) is 0 Å². The van der Waals surface area contributed by atoms with Crippen LogP contribution in [0.4, 0.5) is 16.2 Å². The second-order valence-corrected chi connectivity index (χ2v) is 4.84. The molecular formula is C12H15N3O5. The monoisotopic (exact) mass is 281 g/mol. The van der Waals surface area contributed by atoms with Crippen molar-refractivity contribution in [2.45, 2.75) is 25.8 Å². The third kappa shape index (κ3) is 4.92. The number of rotatable bonds is 5. The van der Waals surface area contributed by atoms with Crippen LogP contribution in [0.1, 0.15) is 20.3 Å². The number of carbonyl (C=O) groups is 2. The number of anilines is 1. The molecule has 0 saturated carbocycles. The minimum atomic E-state index is -1.02. The van der Waals surface area contributed by atoms with E-state index in [-0.39, 0.29) is 12.1 Å². The Bertz CT molecular complexity index is 524. The highest BCUT2D eigenvalue weighted by atomic mass is 16.6. The number of urea groups is 1. The number of non-ortho nitro benzene ring substituents is 1. The first-order chi connectivity index (χ1) is 9.19. The molecule has 0 bridgehead atoms.